The fourth-order valence-corrected chi connectivity index (χ4v) is 2.02. The van der Waals surface area contributed by atoms with E-state index in [1.807, 2.05) is 11.8 Å². The van der Waals surface area contributed by atoms with Crippen molar-refractivity contribution in [1.29, 1.82) is 0 Å². The summed E-state index contributed by atoms with van der Waals surface area (Å²) >= 11 is 1.88. The Morgan fingerprint density at radius 1 is 0.480 bits per heavy atom. The first-order valence-electron chi connectivity index (χ1n) is 8.64. The van der Waals surface area contributed by atoms with Crippen molar-refractivity contribution in [2.45, 2.75) is 103 Å². The molecule has 0 unspecified atom stereocenters. The number of hydrogen-bond acceptors (Lipinski definition) is 1. The summed E-state index contributed by atoms with van der Waals surface area (Å²) in [6, 6.07) is 0. The maximum absolute atomic E-state index is 2.25. The minimum atomic E-state index is 0. The van der Waals surface area contributed by atoms with Gasteiger partial charge in [-0.1, -0.05) is 128 Å². The molecule has 0 N–H and O–H groups in total. The Morgan fingerprint density at radius 3 is 0.960 bits per heavy atom. The molecule has 152 valence electrons. The van der Waals surface area contributed by atoms with E-state index in [9.17, 15) is 0 Å². The van der Waals surface area contributed by atoms with E-state index in [4.69, 9.17) is 0 Å². The summed E-state index contributed by atoms with van der Waals surface area (Å²) in [5, 5.41) is 2.21. The number of rotatable bonds is 2. The first-order valence-corrected chi connectivity index (χ1v) is 9.52. The molecule has 0 aromatic rings. The van der Waals surface area contributed by atoms with Crippen molar-refractivity contribution in [3.05, 3.63) is 35.8 Å². The molecule has 0 bridgehead atoms. The highest BCUT2D eigenvalue weighted by Gasteiger charge is 2.09. The fourth-order valence-electron chi connectivity index (χ4n) is 1.13. The van der Waals surface area contributed by atoms with Gasteiger partial charge in [-0.05, 0) is 21.7 Å². The van der Waals surface area contributed by atoms with Crippen LogP contribution in [0.1, 0.15) is 97.9 Å². The quantitative estimate of drug-likeness (QED) is 0.436. The van der Waals surface area contributed by atoms with Crippen molar-refractivity contribution >= 4 is 11.8 Å². The maximum atomic E-state index is 2.25. The van der Waals surface area contributed by atoms with Gasteiger partial charge in [0.2, 0.25) is 0 Å². The molecular formula is C24H50S. The fraction of sp³-hybridized carbons (Fsp3) is 0.750. The minimum Gasteiger partial charge on any atom is -0.128 e. The molecule has 0 aromatic heterocycles. The molecule has 0 spiro atoms. The average Bonchev–Trinajstić information content (AvgIpc) is 2.19. The molecule has 0 rings (SSSR count). The van der Waals surface area contributed by atoms with Gasteiger partial charge in [-0.2, -0.15) is 0 Å². The van der Waals surface area contributed by atoms with Crippen LogP contribution in [0, 0.1) is 16.2 Å². The first kappa shape index (κ1) is 32.3. The van der Waals surface area contributed by atoms with Gasteiger partial charge in [-0.15, -0.1) is 11.8 Å². The lowest BCUT2D eigenvalue weighted by atomic mass is 9.94. The predicted molar refractivity (Wildman–Crippen MR) is 127 cm³/mol. The largest absolute Gasteiger partial charge is 0.128 e. The van der Waals surface area contributed by atoms with Crippen molar-refractivity contribution < 1.29 is 0 Å². The van der Waals surface area contributed by atoms with Crippen LogP contribution < -0.4 is 0 Å². The molecule has 0 atom stereocenters. The second-order valence-corrected chi connectivity index (χ2v) is 12.1. The zero-order valence-electron chi connectivity index (χ0n) is 17.9. The van der Waals surface area contributed by atoms with Crippen molar-refractivity contribution in [2.75, 3.05) is 0 Å². The lowest BCUT2D eigenvalue weighted by Gasteiger charge is -2.16. The smallest absolute Gasteiger partial charge is 0.0116 e. The van der Waals surface area contributed by atoms with Crippen molar-refractivity contribution in [3.63, 3.8) is 0 Å². The molecule has 1 heteroatoms. The van der Waals surface area contributed by atoms with Crippen LogP contribution in [0.4, 0.5) is 0 Å². The minimum absolute atomic E-state index is 0. The zero-order chi connectivity index (χ0) is 18.9. The van der Waals surface area contributed by atoms with E-state index in [1.54, 1.807) is 0 Å². The molecule has 0 fully saturated rings. The molecule has 0 aromatic carbocycles. The van der Waals surface area contributed by atoms with E-state index in [2.05, 4.69) is 119 Å². The topological polar surface area (TPSA) is 0 Å². The second kappa shape index (κ2) is 12.8. The van der Waals surface area contributed by atoms with Gasteiger partial charge >= 0.3 is 0 Å². The second-order valence-electron chi connectivity index (χ2n) is 10.3. The van der Waals surface area contributed by atoms with E-state index in [0.29, 0.717) is 21.0 Å². The van der Waals surface area contributed by atoms with Crippen LogP contribution in [0.15, 0.2) is 35.8 Å². The standard InChI is InChI=1S/C12H22.C10H20S.2CH4/c1-11(2,3)9-7-8-10-12(4,5)6;1-9(2,3)7-8-11-10(4,5)6;;/h7-10H,1-6H3;7-8H,1-6H3;2*1H4/b9-7-,10-8-;8-7-;;. The van der Waals surface area contributed by atoms with Crippen LogP contribution in [0.25, 0.3) is 0 Å². The van der Waals surface area contributed by atoms with E-state index >= 15 is 0 Å². The molecule has 0 radical (unpaired) electrons. The van der Waals surface area contributed by atoms with Gasteiger partial charge in [-0.25, -0.2) is 0 Å². The molecule has 0 amide bonds. The van der Waals surface area contributed by atoms with E-state index in [-0.39, 0.29) is 14.9 Å². The zero-order valence-corrected chi connectivity index (χ0v) is 18.7. The summed E-state index contributed by atoms with van der Waals surface area (Å²) in [5.74, 6) is 0. The maximum Gasteiger partial charge on any atom is 0.0116 e. The van der Waals surface area contributed by atoms with Crippen molar-refractivity contribution in [2.24, 2.45) is 16.2 Å². The lowest BCUT2D eigenvalue weighted by molar-refractivity contribution is 0.539. The molecule has 25 heavy (non-hydrogen) atoms. The van der Waals surface area contributed by atoms with Gasteiger partial charge < -0.3 is 0 Å². The molecule has 0 aliphatic carbocycles. The van der Waals surface area contributed by atoms with Crippen molar-refractivity contribution in [1.82, 2.24) is 0 Å². The van der Waals surface area contributed by atoms with Crippen LogP contribution in [-0.2, 0) is 0 Å². The molecular weight excluding hydrogens is 320 g/mol. The third kappa shape index (κ3) is 39.9. The Kier molecular flexibility index (Phi) is 16.6. The molecule has 0 aliphatic rings. The van der Waals surface area contributed by atoms with E-state index in [1.165, 1.54) is 0 Å². The summed E-state index contributed by atoms with van der Waals surface area (Å²) in [6.07, 6.45) is 10.9. The molecule has 0 nitrogen and oxygen atoms in total. The summed E-state index contributed by atoms with van der Waals surface area (Å²) in [4.78, 5) is 0. The molecule has 0 saturated heterocycles. The Morgan fingerprint density at radius 2 is 0.760 bits per heavy atom. The SMILES string of the molecule is C.C.CC(C)(C)/C=C\C=C/C(C)(C)C.CC(C)(C)/C=C\SC(C)(C)C. The summed E-state index contributed by atoms with van der Waals surface area (Å²) in [7, 11) is 0. The van der Waals surface area contributed by atoms with Crippen LogP contribution >= 0.6 is 11.8 Å². The Bertz CT molecular complexity index is 360. The van der Waals surface area contributed by atoms with Crippen LogP contribution in [0.3, 0.4) is 0 Å². The van der Waals surface area contributed by atoms with E-state index < -0.39 is 0 Å². The number of thioether (sulfide) groups is 1. The summed E-state index contributed by atoms with van der Waals surface area (Å²) in [6.45, 7) is 26.5. The highest BCUT2D eigenvalue weighted by molar-refractivity contribution is 8.03. The van der Waals surface area contributed by atoms with Gasteiger partial charge in [0.15, 0.2) is 0 Å². The van der Waals surface area contributed by atoms with Gasteiger partial charge in [-0.3, -0.25) is 0 Å². The average molecular weight is 371 g/mol. The molecule has 0 saturated carbocycles. The number of allylic oxidation sites excluding steroid dienone is 5. The summed E-state index contributed by atoms with van der Waals surface area (Å²) < 4.78 is 0.349. The van der Waals surface area contributed by atoms with Crippen LogP contribution in [0.2, 0.25) is 0 Å². The lowest BCUT2D eigenvalue weighted by Crippen LogP contribution is -2.05. The third-order valence-corrected chi connectivity index (χ3v) is 3.27. The Labute approximate surface area is 166 Å². The van der Waals surface area contributed by atoms with Crippen LogP contribution in [-0.4, -0.2) is 4.75 Å². The summed E-state index contributed by atoms with van der Waals surface area (Å²) in [5.41, 5.74) is 0.905. The van der Waals surface area contributed by atoms with E-state index in [0.717, 1.165) is 0 Å². The molecule has 0 heterocycles. The van der Waals surface area contributed by atoms with Gasteiger partial charge in [0.1, 0.15) is 0 Å². The predicted octanol–water partition coefficient (Wildman–Crippen LogP) is 9.54. The van der Waals surface area contributed by atoms with Gasteiger partial charge in [0, 0.05) is 4.75 Å². The van der Waals surface area contributed by atoms with Crippen molar-refractivity contribution in [3.8, 4) is 0 Å². The molecule has 0 aliphatic heterocycles. The number of hydrogen-bond donors (Lipinski definition) is 0. The third-order valence-electron chi connectivity index (χ3n) is 2.29. The van der Waals surface area contributed by atoms with Gasteiger partial charge in [0.25, 0.3) is 0 Å². The highest BCUT2D eigenvalue weighted by atomic mass is 32.2. The monoisotopic (exact) mass is 370 g/mol. The van der Waals surface area contributed by atoms with Gasteiger partial charge in [0.05, 0.1) is 0 Å². The normalized spacial score (nSPS) is 13.4. The Hall–Kier alpha value is -0.430. The first-order chi connectivity index (χ1) is 9.91. The Balaban J connectivity index is -0.000000164. The van der Waals surface area contributed by atoms with Crippen LogP contribution in [0.5, 0.6) is 0 Å². The highest BCUT2D eigenvalue weighted by Crippen LogP contribution is 2.26.